The van der Waals surface area contributed by atoms with Crippen LogP contribution in [0.5, 0.6) is 0 Å². The molecule has 0 spiro atoms. The average Bonchev–Trinajstić information content (AvgIpc) is 2.63. The second kappa shape index (κ2) is 10.1. The molecule has 26 heavy (non-hydrogen) atoms. The molecule has 0 unspecified atom stereocenters. The van der Waals surface area contributed by atoms with Crippen molar-refractivity contribution in [1.29, 1.82) is 0 Å². The zero-order valence-corrected chi connectivity index (χ0v) is 14.4. The standard InChI is InChI=1S/C15H21N3O8/c1-3-11(20)25-9-6-17-13(22)16(5-8-19)14(23)18(15(17)24)7-10-26-12(21)4-2/h3,19H,1,4-10H2,2H3. The van der Waals surface area contributed by atoms with Crippen LogP contribution < -0.4 is 17.1 Å². The molecule has 0 saturated heterocycles. The topological polar surface area (TPSA) is 139 Å². The minimum Gasteiger partial charge on any atom is -0.464 e. The third kappa shape index (κ3) is 5.28. The van der Waals surface area contributed by atoms with Gasteiger partial charge in [0.2, 0.25) is 0 Å². The van der Waals surface area contributed by atoms with Crippen molar-refractivity contribution in [2.45, 2.75) is 33.0 Å². The van der Waals surface area contributed by atoms with Crippen LogP contribution in [0.1, 0.15) is 13.3 Å². The van der Waals surface area contributed by atoms with E-state index in [4.69, 9.17) is 14.6 Å². The first-order valence-electron chi connectivity index (χ1n) is 7.87. The Labute approximate surface area is 147 Å². The lowest BCUT2D eigenvalue weighted by Gasteiger charge is -2.13. The zero-order valence-electron chi connectivity index (χ0n) is 14.4. The van der Waals surface area contributed by atoms with Crippen LogP contribution >= 0.6 is 0 Å². The molecule has 0 bridgehead atoms. The molecule has 1 N–H and O–H groups in total. The minimum absolute atomic E-state index is 0.137. The summed E-state index contributed by atoms with van der Waals surface area (Å²) in [7, 11) is 0. The van der Waals surface area contributed by atoms with Crippen molar-refractivity contribution in [3.63, 3.8) is 0 Å². The van der Waals surface area contributed by atoms with E-state index < -0.39 is 35.6 Å². The molecule has 0 aliphatic rings. The number of aromatic nitrogens is 3. The normalized spacial score (nSPS) is 10.4. The van der Waals surface area contributed by atoms with Gasteiger partial charge in [-0.1, -0.05) is 13.5 Å². The molecule has 0 atom stereocenters. The highest BCUT2D eigenvalue weighted by molar-refractivity contribution is 5.81. The fraction of sp³-hybridized carbons (Fsp3) is 0.533. The zero-order chi connectivity index (χ0) is 19.7. The quantitative estimate of drug-likeness (QED) is 0.363. The summed E-state index contributed by atoms with van der Waals surface area (Å²) in [5.41, 5.74) is -2.80. The lowest BCUT2D eigenvalue weighted by Crippen LogP contribution is -2.55. The van der Waals surface area contributed by atoms with Gasteiger partial charge in [-0.05, 0) is 0 Å². The molecule has 1 heterocycles. The van der Waals surface area contributed by atoms with E-state index in [-0.39, 0.29) is 39.3 Å². The number of carbonyl (C=O) groups excluding carboxylic acids is 2. The van der Waals surface area contributed by atoms with Crippen LogP contribution in [0.25, 0.3) is 0 Å². The molecule has 0 aliphatic heterocycles. The molecule has 11 heteroatoms. The van der Waals surface area contributed by atoms with Gasteiger partial charge in [0.1, 0.15) is 13.2 Å². The van der Waals surface area contributed by atoms with Crippen LogP contribution in [0.3, 0.4) is 0 Å². The van der Waals surface area contributed by atoms with Gasteiger partial charge in [-0.25, -0.2) is 32.9 Å². The number of rotatable bonds is 10. The van der Waals surface area contributed by atoms with Gasteiger partial charge in [0.05, 0.1) is 26.2 Å². The second-order valence-electron chi connectivity index (χ2n) is 4.97. The van der Waals surface area contributed by atoms with Crippen molar-refractivity contribution in [2.75, 3.05) is 19.8 Å². The molecule has 144 valence electrons. The maximum Gasteiger partial charge on any atom is 0.336 e. The van der Waals surface area contributed by atoms with E-state index in [1.807, 2.05) is 0 Å². The number of carbonyl (C=O) groups is 2. The van der Waals surface area contributed by atoms with Gasteiger partial charge in [0.25, 0.3) is 0 Å². The Balaban J connectivity index is 3.19. The van der Waals surface area contributed by atoms with Gasteiger partial charge in [-0.15, -0.1) is 0 Å². The monoisotopic (exact) mass is 371 g/mol. The van der Waals surface area contributed by atoms with Gasteiger partial charge < -0.3 is 14.6 Å². The molecule has 11 nitrogen and oxygen atoms in total. The molecule has 1 aromatic heterocycles. The van der Waals surface area contributed by atoms with E-state index >= 15 is 0 Å². The third-order valence-electron chi connectivity index (χ3n) is 3.30. The molecule has 0 radical (unpaired) electrons. The van der Waals surface area contributed by atoms with Crippen molar-refractivity contribution in [3.05, 3.63) is 44.1 Å². The Hall–Kier alpha value is -2.95. The van der Waals surface area contributed by atoms with E-state index in [0.29, 0.717) is 9.13 Å². The highest BCUT2D eigenvalue weighted by atomic mass is 16.5. The number of esters is 2. The molecular formula is C15H21N3O8. The van der Waals surface area contributed by atoms with Crippen LogP contribution in [0.4, 0.5) is 0 Å². The average molecular weight is 371 g/mol. The summed E-state index contributed by atoms with van der Waals surface area (Å²) in [4.78, 5) is 59.2. The SMILES string of the molecule is C=CC(=O)OCCn1c(=O)n(CCO)c(=O)n(CCOC(=O)CC)c1=O. The van der Waals surface area contributed by atoms with Crippen molar-refractivity contribution in [1.82, 2.24) is 13.7 Å². The van der Waals surface area contributed by atoms with Crippen molar-refractivity contribution in [3.8, 4) is 0 Å². The Kier molecular flexibility index (Phi) is 8.22. The first-order chi connectivity index (χ1) is 12.4. The lowest BCUT2D eigenvalue weighted by atomic mass is 10.5. The van der Waals surface area contributed by atoms with Gasteiger partial charge >= 0.3 is 29.0 Å². The number of aliphatic hydroxyl groups excluding tert-OH is 1. The minimum atomic E-state index is -0.939. The number of ether oxygens (including phenoxy) is 2. The molecule has 0 aliphatic carbocycles. The molecular weight excluding hydrogens is 350 g/mol. The van der Waals surface area contributed by atoms with Gasteiger partial charge in [0.15, 0.2) is 0 Å². The maximum absolute atomic E-state index is 12.4. The van der Waals surface area contributed by atoms with Crippen LogP contribution in [0.2, 0.25) is 0 Å². The maximum atomic E-state index is 12.4. The molecule has 0 fully saturated rings. The smallest absolute Gasteiger partial charge is 0.336 e. The molecule has 1 aromatic rings. The summed E-state index contributed by atoms with van der Waals surface area (Å²) < 4.78 is 11.7. The molecule has 0 amide bonds. The molecule has 0 aromatic carbocycles. The van der Waals surface area contributed by atoms with Crippen LogP contribution in [0.15, 0.2) is 27.0 Å². The number of aliphatic hydroxyl groups is 1. The van der Waals surface area contributed by atoms with Crippen molar-refractivity contribution < 1.29 is 24.2 Å². The number of hydrogen-bond donors (Lipinski definition) is 1. The van der Waals surface area contributed by atoms with E-state index in [2.05, 4.69) is 6.58 Å². The Morgan fingerprint density at radius 3 is 1.85 bits per heavy atom. The predicted octanol–water partition coefficient (Wildman–Crippen LogP) is -2.15. The van der Waals surface area contributed by atoms with Crippen molar-refractivity contribution in [2.24, 2.45) is 0 Å². The van der Waals surface area contributed by atoms with Crippen LogP contribution in [-0.2, 0) is 38.7 Å². The summed E-state index contributed by atoms with van der Waals surface area (Å²) >= 11 is 0. The third-order valence-corrected chi connectivity index (χ3v) is 3.30. The molecule has 1 rings (SSSR count). The number of nitrogens with zero attached hydrogens (tertiary/aromatic N) is 3. The van der Waals surface area contributed by atoms with Crippen molar-refractivity contribution >= 4 is 11.9 Å². The highest BCUT2D eigenvalue weighted by Gasteiger charge is 2.15. The van der Waals surface area contributed by atoms with Gasteiger partial charge in [0, 0.05) is 12.5 Å². The lowest BCUT2D eigenvalue weighted by molar-refractivity contribution is -0.143. The van der Waals surface area contributed by atoms with E-state index in [1.165, 1.54) is 0 Å². The summed E-state index contributed by atoms with van der Waals surface area (Å²) in [6.45, 7) is 2.91. The summed E-state index contributed by atoms with van der Waals surface area (Å²) in [6, 6.07) is 0. The Morgan fingerprint density at radius 1 is 0.962 bits per heavy atom. The summed E-state index contributed by atoms with van der Waals surface area (Å²) in [5, 5.41) is 9.04. The first-order valence-corrected chi connectivity index (χ1v) is 7.87. The predicted molar refractivity (Wildman–Crippen MR) is 88.7 cm³/mol. The second-order valence-corrected chi connectivity index (χ2v) is 4.97. The Morgan fingerprint density at radius 2 is 1.42 bits per heavy atom. The van der Waals surface area contributed by atoms with E-state index in [0.717, 1.165) is 10.6 Å². The Bertz CT molecular complexity index is 833. The summed E-state index contributed by atoms with van der Waals surface area (Å²) in [5.74, 6) is -1.23. The first kappa shape index (κ1) is 21.1. The fourth-order valence-corrected chi connectivity index (χ4v) is 2.01. The molecule has 0 saturated carbocycles. The highest BCUT2D eigenvalue weighted by Crippen LogP contribution is 1.86. The van der Waals surface area contributed by atoms with Gasteiger partial charge in [-0.3, -0.25) is 4.79 Å². The van der Waals surface area contributed by atoms with Crippen LogP contribution in [-0.4, -0.2) is 50.6 Å². The summed E-state index contributed by atoms with van der Waals surface area (Å²) in [6.07, 6.45) is 1.06. The largest absolute Gasteiger partial charge is 0.464 e. The van der Waals surface area contributed by atoms with Gasteiger partial charge in [-0.2, -0.15) is 0 Å². The van der Waals surface area contributed by atoms with E-state index in [1.54, 1.807) is 6.92 Å². The fourth-order valence-electron chi connectivity index (χ4n) is 2.01. The van der Waals surface area contributed by atoms with Crippen LogP contribution in [0, 0.1) is 0 Å². The number of hydrogen-bond acceptors (Lipinski definition) is 8. The van der Waals surface area contributed by atoms with E-state index in [9.17, 15) is 24.0 Å².